The van der Waals surface area contributed by atoms with Gasteiger partial charge in [0, 0.05) is 28.6 Å². The fourth-order valence-electron chi connectivity index (χ4n) is 3.68. The molecule has 7 N–H and O–H groups in total. The zero-order valence-corrected chi connectivity index (χ0v) is 21.6. The van der Waals surface area contributed by atoms with E-state index in [2.05, 4.69) is 27.6 Å². The molecule has 0 bridgehead atoms. The Kier molecular flexibility index (Phi) is 11.6. The maximum atomic E-state index is 13.3. The Balaban J connectivity index is 2.12. The first kappa shape index (κ1) is 28.2. The van der Waals surface area contributed by atoms with Crippen LogP contribution < -0.4 is 17.2 Å². The molecule has 35 heavy (non-hydrogen) atoms. The molecule has 0 saturated carbocycles. The second kappa shape index (κ2) is 14.4. The van der Waals surface area contributed by atoms with Gasteiger partial charge in [0.05, 0.1) is 6.04 Å². The van der Waals surface area contributed by atoms with Gasteiger partial charge in [-0.2, -0.15) is 0 Å². The van der Waals surface area contributed by atoms with E-state index in [1.54, 1.807) is 12.1 Å². The van der Waals surface area contributed by atoms with Gasteiger partial charge in [-0.05, 0) is 66.0 Å². The summed E-state index contributed by atoms with van der Waals surface area (Å²) in [5.74, 6) is -1.76. The van der Waals surface area contributed by atoms with Crippen LogP contribution in [0.4, 0.5) is 0 Å². The largest absolute Gasteiger partial charge is 0.480 e. The molecule has 0 radical (unpaired) electrons. The number of carbonyl (C=O) groups excluding carboxylic acids is 2. The molecule has 10 heteroatoms. The van der Waals surface area contributed by atoms with E-state index in [0.29, 0.717) is 18.4 Å². The van der Waals surface area contributed by atoms with Gasteiger partial charge >= 0.3 is 5.97 Å². The molecule has 0 fully saturated rings. The van der Waals surface area contributed by atoms with E-state index in [4.69, 9.17) is 17.2 Å². The SMILES string of the molecule is NC(N)=NCCC[C@@H](C(=O)O)N(CCCC(=O)c1ccc(I)cc1)C(=O)[C@@H](N)Cc1ccccc1. The molecule has 0 saturated heterocycles. The topological polar surface area (TPSA) is 165 Å². The number of guanidine groups is 1. The van der Waals surface area contributed by atoms with Crippen LogP contribution in [-0.4, -0.2) is 58.8 Å². The van der Waals surface area contributed by atoms with Crippen LogP contribution in [-0.2, 0) is 16.0 Å². The maximum Gasteiger partial charge on any atom is 0.326 e. The number of nitrogens with zero attached hydrogens (tertiary/aromatic N) is 2. The molecule has 1 amide bonds. The van der Waals surface area contributed by atoms with Crippen molar-refractivity contribution in [1.82, 2.24) is 4.90 Å². The highest BCUT2D eigenvalue weighted by Crippen LogP contribution is 2.15. The van der Waals surface area contributed by atoms with Gasteiger partial charge in [0.25, 0.3) is 0 Å². The third-order valence-corrected chi connectivity index (χ3v) is 6.18. The standard InChI is InChI=1S/C25H32IN5O4/c26-19-12-10-18(11-13-19)22(32)9-5-15-31(21(24(34)35)8-4-14-30-25(28)29)23(33)20(27)16-17-6-2-1-3-7-17/h1-3,6-7,10-13,20-21H,4-5,8-9,14-16,27H2,(H,34,35)(H4,28,29,30)/t20-,21-/m0/s1. The van der Waals surface area contributed by atoms with Crippen LogP contribution in [0.25, 0.3) is 0 Å². The highest BCUT2D eigenvalue weighted by molar-refractivity contribution is 14.1. The van der Waals surface area contributed by atoms with Crippen LogP contribution in [0.2, 0.25) is 0 Å². The van der Waals surface area contributed by atoms with Gasteiger partial charge in [-0.25, -0.2) is 4.79 Å². The number of ketones is 1. The van der Waals surface area contributed by atoms with Crippen LogP contribution in [0, 0.1) is 3.57 Å². The zero-order chi connectivity index (χ0) is 25.8. The lowest BCUT2D eigenvalue weighted by atomic mass is 10.0. The first-order valence-electron chi connectivity index (χ1n) is 11.4. The molecule has 0 aliphatic rings. The molecule has 0 unspecified atom stereocenters. The van der Waals surface area contributed by atoms with E-state index >= 15 is 0 Å². The molecular formula is C25H32IN5O4. The Morgan fingerprint density at radius 1 is 1.00 bits per heavy atom. The van der Waals surface area contributed by atoms with Crippen molar-refractivity contribution in [1.29, 1.82) is 0 Å². The highest BCUT2D eigenvalue weighted by atomic mass is 127. The number of hydrogen-bond acceptors (Lipinski definition) is 5. The first-order valence-corrected chi connectivity index (χ1v) is 12.4. The quantitative estimate of drug-likeness (QED) is 0.0857. The minimum Gasteiger partial charge on any atom is -0.480 e. The molecule has 2 atom stereocenters. The summed E-state index contributed by atoms with van der Waals surface area (Å²) in [5, 5.41) is 9.90. The summed E-state index contributed by atoms with van der Waals surface area (Å²) in [6, 6.07) is 14.5. The van der Waals surface area contributed by atoms with Crippen molar-refractivity contribution in [3.8, 4) is 0 Å². The molecular weight excluding hydrogens is 561 g/mol. The van der Waals surface area contributed by atoms with Crippen molar-refractivity contribution < 1.29 is 19.5 Å². The third-order valence-electron chi connectivity index (χ3n) is 5.46. The summed E-state index contributed by atoms with van der Waals surface area (Å²) < 4.78 is 1.02. The van der Waals surface area contributed by atoms with Gasteiger partial charge in [0.1, 0.15) is 6.04 Å². The number of benzene rings is 2. The summed E-state index contributed by atoms with van der Waals surface area (Å²) in [7, 11) is 0. The Morgan fingerprint density at radius 2 is 1.66 bits per heavy atom. The van der Waals surface area contributed by atoms with E-state index in [9.17, 15) is 19.5 Å². The number of carboxylic acids is 1. The Bertz CT molecular complexity index is 1010. The summed E-state index contributed by atoms with van der Waals surface area (Å²) >= 11 is 2.16. The molecule has 0 aliphatic heterocycles. The van der Waals surface area contributed by atoms with E-state index in [1.807, 2.05) is 42.5 Å². The van der Waals surface area contributed by atoms with E-state index in [-0.39, 0.29) is 44.1 Å². The van der Waals surface area contributed by atoms with E-state index in [1.165, 1.54) is 4.90 Å². The second-order valence-corrected chi connectivity index (χ2v) is 9.41. The predicted octanol–water partition coefficient (Wildman–Crippen LogP) is 2.16. The normalized spacial score (nSPS) is 12.4. The number of halogens is 1. The van der Waals surface area contributed by atoms with Crippen LogP contribution in [0.1, 0.15) is 41.6 Å². The van der Waals surface area contributed by atoms with Gasteiger partial charge in [0.2, 0.25) is 5.91 Å². The lowest BCUT2D eigenvalue weighted by Crippen LogP contribution is -2.52. The van der Waals surface area contributed by atoms with Gasteiger partial charge in [-0.15, -0.1) is 0 Å². The van der Waals surface area contributed by atoms with Crippen molar-refractivity contribution in [2.75, 3.05) is 13.1 Å². The smallest absolute Gasteiger partial charge is 0.326 e. The van der Waals surface area contributed by atoms with Gasteiger partial charge in [-0.1, -0.05) is 42.5 Å². The second-order valence-electron chi connectivity index (χ2n) is 8.16. The van der Waals surface area contributed by atoms with Crippen molar-refractivity contribution in [3.05, 3.63) is 69.3 Å². The molecule has 2 rings (SSSR count). The summed E-state index contributed by atoms with van der Waals surface area (Å²) in [5.41, 5.74) is 18.3. The molecule has 0 spiro atoms. The molecule has 0 heterocycles. The molecule has 188 valence electrons. The first-order chi connectivity index (χ1) is 16.7. The number of nitrogens with two attached hydrogens (primary N) is 3. The Morgan fingerprint density at radius 3 is 2.26 bits per heavy atom. The fraction of sp³-hybridized carbons (Fsp3) is 0.360. The van der Waals surface area contributed by atoms with Crippen molar-refractivity contribution in [3.63, 3.8) is 0 Å². The number of amides is 1. The van der Waals surface area contributed by atoms with Crippen LogP contribution in [0.3, 0.4) is 0 Å². The number of carbonyl (C=O) groups is 3. The predicted molar refractivity (Wildman–Crippen MR) is 144 cm³/mol. The molecule has 9 nitrogen and oxygen atoms in total. The lowest BCUT2D eigenvalue weighted by molar-refractivity contribution is -0.151. The average Bonchev–Trinajstić information content (AvgIpc) is 2.82. The van der Waals surface area contributed by atoms with Crippen LogP contribution in [0.15, 0.2) is 59.6 Å². The minimum absolute atomic E-state index is 0.0676. The monoisotopic (exact) mass is 593 g/mol. The van der Waals surface area contributed by atoms with Gasteiger partial charge in [-0.3, -0.25) is 14.6 Å². The zero-order valence-electron chi connectivity index (χ0n) is 19.5. The Labute approximate surface area is 218 Å². The average molecular weight is 593 g/mol. The van der Waals surface area contributed by atoms with Crippen molar-refractivity contribution >= 4 is 46.2 Å². The van der Waals surface area contributed by atoms with Gasteiger partial charge < -0.3 is 27.2 Å². The third kappa shape index (κ3) is 9.65. The molecule has 0 aromatic heterocycles. The van der Waals surface area contributed by atoms with E-state index < -0.39 is 24.0 Å². The Hall–Kier alpha value is -2.99. The number of aliphatic imine (C=N–C) groups is 1. The fourth-order valence-corrected chi connectivity index (χ4v) is 4.04. The number of aliphatic carboxylic acids is 1. The van der Waals surface area contributed by atoms with Crippen molar-refractivity contribution in [2.24, 2.45) is 22.2 Å². The molecule has 0 aliphatic carbocycles. The molecule has 2 aromatic carbocycles. The van der Waals surface area contributed by atoms with Crippen LogP contribution >= 0.6 is 22.6 Å². The minimum atomic E-state index is -1.14. The summed E-state index contributed by atoms with van der Waals surface area (Å²) in [4.78, 5) is 43.2. The highest BCUT2D eigenvalue weighted by Gasteiger charge is 2.32. The number of Topliss-reactive ketones (excluding diaryl/α,β-unsaturated/α-hetero) is 1. The summed E-state index contributed by atoms with van der Waals surface area (Å²) in [6.07, 6.45) is 1.29. The number of carboxylic acid groups (broad SMARTS) is 1. The van der Waals surface area contributed by atoms with Gasteiger partial charge in [0.15, 0.2) is 11.7 Å². The van der Waals surface area contributed by atoms with E-state index in [0.717, 1.165) is 9.13 Å². The maximum absolute atomic E-state index is 13.3. The molecule has 2 aromatic rings. The number of hydrogen-bond donors (Lipinski definition) is 4. The van der Waals surface area contributed by atoms with Crippen molar-refractivity contribution in [2.45, 2.75) is 44.2 Å². The lowest BCUT2D eigenvalue weighted by Gasteiger charge is -2.31. The summed E-state index contributed by atoms with van der Waals surface area (Å²) in [6.45, 7) is 0.339. The number of rotatable bonds is 14. The van der Waals surface area contributed by atoms with Crippen LogP contribution in [0.5, 0.6) is 0 Å².